The number of rotatable bonds is 3. The molecule has 0 aliphatic heterocycles. The summed E-state index contributed by atoms with van der Waals surface area (Å²) in [5.74, 6) is 0.392. The first-order valence-electron chi connectivity index (χ1n) is 5.48. The van der Waals surface area contributed by atoms with E-state index in [9.17, 15) is 5.11 Å². The van der Waals surface area contributed by atoms with Gasteiger partial charge in [0.2, 0.25) is 0 Å². The Morgan fingerprint density at radius 1 is 1.27 bits per heavy atom. The Balaban J connectivity index is 2.88. The summed E-state index contributed by atoms with van der Waals surface area (Å²) >= 11 is 0. The first-order chi connectivity index (χ1) is 6.95. The van der Waals surface area contributed by atoms with Gasteiger partial charge in [0.1, 0.15) is 5.75 Å². The summed E-state index contributed by atoms with van der Waals surface area (Å²) in [5, 5.41) is 13.0. The van der Waals surface area contributed by atoms with E-state index in [1.54, 1.807) is 0 Å². The first kappa shape index (κ1) is 12.1. The summed E-state index contributed by atoms with van der Waals surface area (Å²) in [6, 6.07) is 5.96. The fourth-order valence-corrected chi connectivity index (χ4v) is 1.44. The lowest BCUT2D eigenvalue weighted by Gasteiger charge is -2.20. The fourth-order valence-electron chi connectivity index (χ4n) is 1.44. The van der Waals surface area contributed by atoms with Crippen LogP contribution in [-0.4, -0.2) is 11.7 Å². The second kappa shape index (κ2) is 4.67. The molecule has 0 unspecified atom stereocenters. The van der Waals surface area contributed by atoms with Crippen LogP contribution in [0.4, 0.5) is 0 Å². The maximum absolute atomic E-state index is 9.84. The molecule has 1 rings (SSSR count). The molecule has 0 aliphatic rings. The van der Waals surface area contributed by atoms with E-state index in [2.05, 4.69) is 39.1 Å². The van der Waals surface area contributed by atoms with Crippen LogP contribution in [0.3, 0.4) is 0 Å². The minimum Gasteiger partial charge on any atom is -0.508 e. The molecule has 15 heavy (non-hydrogen) atoms. The molecule has 0 aliphatic carbocycles. The van der Waals surface area contributed by atoms with E-state index < -0.39 is 0 Å². The number of phenolic OH excluding ortho intramolecular Hbond substituents is 1. The second-order valence-corrected chi connectivity index (χ2v) is 4.87. The van der Waals surface area contributed by atoms with Crippen molar-refractivity contribution in [3.05, 3.63) is 29.3 Å². The van der Waals surface area contributed by atoms with Crippen LogP contribution in [0.5, 0.6) is 5.75 Å². The Hall–Kier alpha value is -1.02. The predicted octanol–water partition coefficient (Wildman–Crippen LogP) is 2.80. The van der Waals surface area contributed by atoms with E-state index >= 15 is 0 Å². The second-order valence-electron chi connectivity index (χ2n) is 4.87. The van der Waals surface area contributed by atoms with Crippen LogP contribution in [0.15, 0.2) is 18.2 Å². The highest BCUT2D eigenvalue weighted by Gasteiger charge is 2.14. The van der Waals surface area contributed by atoms with Gasteiger partial charge in [0.05, 0.1) is 0 Å². The highest BCUT2D eigenvalue weighted by molar-refractivity contribution is 5.38. The molecule has 0 fully saturated rings. The van der Waals surface area contributed by atoms with E-state index in [1.165, 1.54) is 5.56 Å². The molecule has 2 N–H and O–H groups in total. The summed E-state index contributed by atoms with van der Waals surface area (Å²) in [6.45, 7) is 10.1. The van der Waals surface area contributed by atoms with Gasteiger partial charge >= 0.3 is 0 Å². The smallest absolute Gasteiger partial charge is 0.120 e. The molecule has 2 heteroatoms. The number of phenols is 1. The minimum absolute atomic E-state index is 0.0915. The molecule has 84 valence electrons. The van der Waals surface area contributed by atoms with E-state index in [0.29, 0.717) is 5.75 Å². The zero-order valence-electron chi connectivity index (χ0n) is 10.1. The summed E-state index contributed by atoms with van der Waals surface area (Å²) in [7, 11) is 0. The molecule has 0 heterocycles. The van der Waals surface area contributed by atoms with Gasteiger partial charge in [0, 0.05) is 12.1 Å². The average Bonchev–Trinajstić information content (AvgIpc) is 2.14. The molecule has 0 saturated carbocycles. The predicted molar refractivity (Wildman–Crippen MR) is 64.2 cm³/mol. The third-order valence-electron chi connectivity index (χ3n) is 2.52. The van der Waals surface area contributed by atoms with Gasteiger partial charge < -0.3 is 10.4 Å². The molecule has 1 aromatic carbocycles. The van der Waals surface area contributed by atoms with E-state index in [-0.39, 0.29) is 5.41 Å². The highest BCUT2D eigenvalue weighted by atomic mass is 16.3. The molecule has 0 aromatic heterocycles. The van der Waals surface area contributed by atoms with E-state index in [0.717, 1.165) is 18.7 Å². The zero-order chi connectivity index (χ0) is 11.5. The van der Waals surface area contributed by atoms with Crippen LogP contribution < -0.4 is 5.32 Å². The van der Waals surface area contributed by atoms with Gasteiger partial charge in [-0.2, -0.15) is 0 Å². The van der Waals surface area contributed by atoms with Crippen LogP contribution in [0.1, 0.15) is 38.8 Å². The van der Waals surface area contributed by atoms with Gasteiger partial charge in [-0.25, -0.2) is 0 Å². The van der Waals surface area contributed by atoms with Gasteiger partial charge in [-0.15, -0.1) is 0 Å². The molecule has 1 aromatic rings. The van der Waals surface area contributed by atoms with Crippen LogP contribution in [0.25, 0.3) is 0 Å². The van der Waals surface area contributed by atoms with Gasteiger partial charge in [0.25, 0.3) is 0 Å². The monoisotopic (exact) mass is 207 g/mol. The van der Waals surface area contributed by atoms with Crippen molar-refractivity contribution in [2.24, 2.45) is 0 Å². The standard InChI is InChI=1S/C13H21NO/c1-5-14-9-10-6-7-11(8-12(10)15)13(2,3)4/h6-8,14-15H,5,9H2,1-4H3. The summed E-state index contributed by atoms with van der Waals surface area (Å²) in [4.78, 5) is 0. The zero-order valence-corrected chi connectivity index (χ0v) is 10.1. The number of benzene rings is 1. The molecule has 2 nitrogen and oxygen atoms in total. The van der Waals surface area contributed by atoms with Crippen molar-refractivity contribution in [1.29, 1.82) is 0 Å². The van der Waals surface area contributed by atoms with Crippen molar-refractivity contribution in [3.8, 4) is 5.75 Å². The van der Waals surface area contributed by atoms with E-state index in [1.807, 2.05) is 12.1 Å². The molecule has 0 spiro atoms. The number of nitrogens with one attached hydrogen (secondary N) is 1. The molecule has 0 amide bonds. The SMILES string of the molecule is CCNCc1ccc(C(C)(C)C)cc1O. The lowest BCUT2D eigenvalue weighted by atomic mass is 9.86. The van der Waals surface area contributed by atoms with Gasteiger partial charge in [0.15, 0.2) is 0 Å². The fraction of sp³-hybridized carbons (Fsp3) is 0.538. The van der Waals surface area contributed by atoms with Crippen molar-refractivity contribution in [3.63, 3.8) is 0 Å². The van der Waals surface area contributed by atoms with Crippen molar-refractivity contribution < 1.29 is 5.11 Å². The third kappa shape index (κ3) is 3.24. The van der Waals surface area contributed by atoms with Crippen LogP contribution >= 0.6 is 0 Å². The van der Waals surface area contributed by atoms with Crippen LogP contribution in [0, 0.1) is 0 Å². The summed E-state index contributed by atoms with van der Waals surface area (Å²) < 4.78 is 0. The maximum atomic E-state index is 9.84. The summed E-state index contributed by atoms with van der Waals surface area (Å²) in [6.07, 6.45) is 0. The average molecular weight is 207 g/mol. The Bertz CT molecular complexity index is 326. The molecule has 0 atom stereocenters. The van der Waals surface area contributed by atoms with Crippen molar-refractivity contribution in [2.75, 3.05) is 6.54 Å². The van der Waals surface area contributed by atoms with Crippen LogP contribution in [0.2, 0.25) is 0 Å². The number of hydrogen-bond acceptors (Lipinski definition) is 2. The van der Waals surface area contributed by atoms with E-state index in [4.69, 9.17) is 0 Å². The normalized spacial score (nSPS) is 11.7. The van der Waals surface area contributed by atoms with Crippen molar-refractivity contribution >= 4 is 0 Å². The molecular weight excluding hydrogens is 186 g/mol. The molecule has 0 saturated heterocycles. The minimum atomic E-state index is 0.0915. The topological polar surface area (TPSA) is 32.3 Å². The number of hydrogen-bond donors (Lipinski definition) is 2. The molecule has 0 radical (unpaired) electrons. The van der Waals surface area contributed by atoms with Gasteiger partial charge in [-0.3, -0.25) is 0 Å². The maximum Gasteiger partial charge on any atom is 0.120 e. The summed E-state index contributed by atoms with van der Waals surface area (Å²) in [5.41, 5.74) is 2.22. The Morgan fingerprint density at radius 2 is 1.93 bits per heavy atom. The lowest BCUT2D eigenvalue weighted by Crippen LogP contribution is -2.14. The lowest BCUT2D eigenvalue weighted by molar-refractivity contribution is 0.461. The number of aromatic hydroxyl groups is 1. The highest BCUT2D eigenvalue weighted by Crippen LogP contribution is 2.27. The largest absolute Gasteiger partial charge is 0.508 e. The molecule has 0 bridgehead atoms. The van der Waals surface area contributed by atoms with Crippen molar-refractivity contribution in [2.45, 2.75) is 39.7 Å². The Kier molecular flexibility index (Phi) is 3.75. The first-order valence-corrected chi connectivity index (χ1v) is 5.48. The Morgan fingerprint density at radius 3 is 2.40 bits per heavy atom. The van der Waals surface area contributed by atoms with Gasteiger partial charge in [-0.1, -0.05) is 39.8 Å². The van der Waals surface area contributed by atoms with Crippen molar-refractivity contribution in [1.82, 2.24) is 5.32 Å². The third-order valence-corrected chi connectivity index (χ3v) is 2.52. The van der Waals surface area contributed by atoms with Crippen LogP contribution in [-0.2, 0) is 12.0 Å². The Labute approximate surface area is 92.3 Å². The molecular formula is C13H21NO. The van der Waals surface area contributed by atoms with Gasteiger partial charge in [-0.05, 0) is 23.6 Å². The quantitative estimate of drug-likeness (QED) is 0.798.